The monoisotopic (exact) mass is 280 g/mol. The zero-order valence-electron chi connectivity index (χ0n) is 12.8. The predicted molar refractivity (Wildman–Crippen MR) is 78.2 cm³/mol. The van der Waals surface area contributed by atoms with Gasteiger partial charge in [0.25, 0.3) is 0 Å². The predicted octanol–water partition coefficient (Wildman–Crippen LogP) is 2.14. The molecule has 1 N–H and O–H groups in total. The molecule has 2 heterocycles. The molecule has 114 valence electrons. The normalized spacial score (nSPS) is 35.6. The first kappa shape index (κ1) is 14.3. The average Bonchev–Trinajstić information content (AvgIpc) is 3.13. The van der Waals surface area contributed by atoms with Crippen LogP contribution in [0.3, 0.4) is 0 Å². The second-order valence-corrected chi connectivity index (χ2v) is 7.00. The van der Waals surface area contributed by atoms with Crippen LogP contribution in [0.5, 0.6) is 0 Å². The van der Waals surface area contributed by atoms with Gasteiger partial charge in [0.2, 0.25) is 5.91 Å². The van der Waals surface area contributed by atoms with Crippen LogP contribution >= 0.6 is 0 Å². The lowest BCUT2D eigenvalue weighted by molar-refractivity contribution is -0.132. The summed E-state index contributed by atoms with van der Waals surface area (Å²) in [6.45, 7) is 5.92. The van der Waals surface area contributed by atoms with Crippen molar-refractivity contribution in [3.8, 4) is 0 Å². The van der Waals surface area contributed by atoms with Gasteiger partial charge in [-0.25, -0.2) is 0 Å². The van der Waals surface area contributed by atoms with Gasteiger partial charge in [0, 0.05) is 13.2 Å². The molecule has 0 aromatic carbocycles. The second-order valence-electron chi connectivity index (χ2n) is 7.00. The molecule has 20 heavy (non-hydrogen) atoms. The fraction of sp³-hybridized carbons (Fsp3) is 0.938. The number of carbonyl (C=O) groups is 1. The zero-order chi connectivity index (χ0) is 14.1. The molecule has 1 aliphatic carbocycles. The first-order valence-electron chi connectivity index (χ1n) is 8.35. The van der Waals surface area contributed by atoms with Crippen molar-refractivity contribution in [3.05, 3.63) is 0 Å². The molecular weight excluding hydrogens is 252 g/mol. The van der Waals surface area contributed by atoms with Crippen LogP contribution in [0.15, 0.2) is 0 Å². The van der Waals surface area contributed by atoms with Gasteiger partial charge in [0.15, 0.2) is 0 Å². The van der Waals surface area contributed by atoms with Crippen LogP contribution in [0.2, 0.25) is 0 Å². The Hall–Kier alpha value is -0.610. The number of nitrogens with zero attached hydrogens (tertiary/aromatic N) is 1. The highest BCUT2D eigenvalue weighted by Gasteiger charge is 2.45. The van der Waals surface area contributed by atoms with Crippen LogP contribution < -0.4 is 5.32 Å². The molecule has 0 radical (unpaired) electrons. The zero-order valence-corrected chi connectivity index (χ0v) is 12.8. The highest BCUT2D eigenvalue weighted by atomic mass is 16.5. The van der Waals surface area contributed by atoms with Gasteiger partial charge in [-0.15, -0.1) is 0 Å². The van der Waals surface area contributed by atoms with E-state index >= 15 is 0 Å². The second kappa shape index (κ2) is 6.02. The van der Waals surface area contributed by atoms with Crippen LogP contribution in [0, 0.1) is 11.8 Å². The number of rotatable bonds is 4. The number of amides is 1. The third kappa shape index (κ3) is 2.73. The van der Waals surface area contributed by atoms with Gasteiger partial charge in [0.05, 0.1) is 18.3 Å². The third-order valence-corrected chi connectivity index (χ3v) is 5.17. The van der Waals surface area contributed by atoms with E-state index in [1.54, 1.807) is 0 Å². The smallest absolute Gasteiger partial charge is 0.241 e. The Kier molecular flexibility index (Phi) is 4.32. The molecule has 1 amide bonds. The summed E-state index contributed by atoms with van der Waals surface area (Å²) in [5.74, 6) is 1.30. The molecule has 2 saturated heterocycles. The van der Waals surface area contributed by atoms with Gasteiger partial charge < -0.3 is 9.64 Å². The molecule has 1 saturated carbocycles. The van der Waals surface area contributed by atoms with Crippen molar-refractivity contribution in [1.82, 2.24) is 10.2 Å². The van der Waals surface area contributed by atoms with Crippen LogP contribution in [0.1, 0.15) is 52.4 Å². The molecule has 2 aliphatic heterocycles. The lowest BCUT2D eigenvalue weighted by Crippen LogP contribution is -2.45. The molecule has 3 fully saturated rings. The van der Waals surface area contributed by atoms with E-state index in [0.717, 1.165) is 26.0 Å². The standard InChI is InChI=1S/C16H28N2O2/c1-11(2)14-16(19)18(10-13-8-5-9-20-13)15(17-14)12-6-3-4-7-12/h11-15,17H,3-10H2,1-2H3. The summed E-state index contributed by atoms with van der Waals surface area (Å²) in [7, 11) is 0. The van der Waals surface area contributed by atoms with Gasteiger partial charge in [0.1, 0.15) is 0 Å². The molecule has 0 bridgehead atoms. The number of hydrogen-bond donors (Lipinski definition) is 1. The highest BCUT2D eigenvalue weighted by Crippen LogP contribution is 2.33. The maximum atomic E-state index is 12.7. The van der Waals surface area contributed by atoms with E-state index in [9.17, 15) is 4.79 Å². The highest BCUT2D eigenvalue weighted by molar-refractivity contribution is 5.84. The largest absolute Gasteiger partial charge is 0.376 e. The van der Waals surface area contributed by atoms with Crippen molar-refractivity contribution >= 4 is 5.91 Å². The summed E-state index contributed by atoms with van der Waals surface area (Å²) in [5.41, 5.74) is 0. The Balaban J connectivity index is 1.72. The fourth-order valence-electron chi connectivity index (χ4n) is 4.01. The van der Waals surface area contributed by atoms with E-state index < -0.39 is 0 Å². The Morgan fingerprint density at radius 1 is 1.25 bits per heavy atom. The van der Waals surface area contributed by atoms with E-state index in [-0.39, 0.29) is 18.3 Å². The van der Waals surface area contributed by atoms with E-state index in [1.165, 1.54) is 25.7 Å². The molecule has 3 atom stereocenters. The first-order valence-corrected chi connectivity index (χ1v) is 8.35. The maximum absolute atomic E-state index is 12.7. The number of hydrogen-bond acceptors (Lipinski definition) is 3. The van der Waals surface area contributed by atoms with Gasteiger partial charge in [-0.05, 0) is 37.5 Å². The van der Waals surface area contributed by atoms with Gasteiger partial charge in [-0.2, -0.15) is 0 Å². The summed E-state index contributed by atoms with van der Waals surface area (Å²) in [5, 5.41) is 3.63. The molecule has 0 aromatic rings. The molecular formula is C16H28N2O2. The molecule has 3 rings (SSSR count). The van der Waals surface area contributed by atoms with Crippen molar-refractivity contribution in [1.29, 1.82) is 0 Å². The van der Waals surface area contributed by atoms with Crippen LogP contribution in [-0.2, 0) is 9.53 Å². The SMILES string of the molecule is CC(C)C1NC(C2CCCC2)N(CC2CCCO2)C1=O. The Labute approximate surface area is 122 Å². The Bertz CT molecular complexity index is 346. The van der Waals surface area contributed by atoms with E-state index in [1.807, 2.05) is 0 Å². The quantitative estimate of drug-likeness (QED) is 0.858. The fourth-order valence-corrected chi connectivity index (χ4v) is 4.01. The average molecular weight is 280 g/mol. The van der Waals surface area contributed by atoms with Crippen LogP contribution in [0.4, 0.5) is 0 Å². The van der Waals surface area contributed by atoms with Crippen LogP contribution in [0.25, 0.3) is 0 Å². The van der Waals surface area contributed by atoms with Crippen molar-refractivity contribution in [3.63, 3.8) is 0 Å². The lowest BCUT2D eigenvalue weighted by Gasteiger charge is -2.30. The summed E-state index contributed by atoms with van der Waals surface area (Å²) in [6, 6.07) is 0.00185. The van der Waals surface area contributed by atoms with Crippen LogP contribution in [-0.4, -0.2) is 42.3 Å². The van der Waals surface area contributed by atoms with E-state index in [4.69, 9.17) is 4.74 Å². The molecule has 0 aromatic heterocycles. The summed E-state index contributed by atoms with van der Waals surface area (Å²) in [4.78, 5) is 14.8. The minimum absolute atomic E-state index is 0.00185. The third-order valence-electron chi connectivity index (χ3n) is 5.17. The van der Waals surface area contributed by atoms with Crippen molar-refractivity contribution < 1.29 is 9.53 Å². The minimum atomic E-state index is 0.00185. The van der Waals surface area contributed by atoms with E-state index in [2.05, 4.69) is 24.1 Å². The lowest BCUT2D eigenvalue weighted by atomic mass is 10.0. The number of carbonyl (C=O) groups excluding carboxylic acids is 1. The minimum Gasteiger partial charge on any atom is -0.376 e. The summed E-state index contributed by atoms with van der Waals surface area (Å²) >= 11 is 0. The first-order chi connectivity index (χ1) is 9.66. The van der Waals surface area contributed by atoms with Crippen molar-refractivity contribution in [2.24, 2.45) is 11.8 Å². The summed E-state index contributed by atoms with van der Waals surface area (Å²) in [6.07, 6.45) is 7.91. The molecule has 0 spiro atoms. The number of nitrogens with one attached hydrogen (secondary N) is 1. The molecule has 3 aliphatic rings. The van der Waals surface area contributed by atoms with Gasteiger partial charge >= 0.3 is 0 Å². The molecule has 4 heteroatoms. The Morgan fingerprint density at radius 2 is 2.00 bits per heavy atom. The molecule has 4 nitrogen and oxygen atoms in total. The van der Waals surface area contributed by atoms with Crippen molar-refractivity contribution in [2.75, 3.05) is 13.2 Å². The van der Waals surface area contributed by atoms with E-state index in [0.29, 0.717) is 17.7 Å². The topological polar surface area (TPSA) is 41.6 Å². The summed E-state index contributed by atoms with van der Waals surface area (Å²) < 4.78 is 5.75. The molecule has 3 unspecified atom stereocenters. The number of ether oxygens (including phenoxy) is 1. The Morgan fingerprint density at radius 3 is 2.60 bits per heavy atom. The van der Waals surface area contributed by atoms with Gasteiger partial charge in [-0.3, -0.25) is 10.1 Å². The van der Waals surface area contributed by atoms with Crippen molar-refractivity contribution in [2.45, 2.75) is 70.7 Å². The maximum Gasteiger partial charge on any atom is 0.241 e. The van der Waals surface area contributed by atoms with Gasteiger partial charge in [-0.1, -0.05) is 26.7 Å².